The summed E-state index contributed by atoms with van der Waals surface area (Å²) in [5.41, 5.74) is 2.98. The van der Waals surface area contributed by atoms with Crippen molar-refractivity contribution in [3.05, 3.63) is 58.9 Å². The summed E-state index contributed by atoms with van der Waals surface area (Å²) < 4.78 is 0. The third kappa shape index (κ3) is 5.61. The highest BCUT2D eigenvalue weighted by atomic mass is 32.1. The molecule has 0 aliphatic heterocycles. The molecule has 1 fully saturated rings. The summed E-state index contributed by atoms with van der Waals surface area (Å²) in [6.45, 7) is 12.1. The fraction of sp³-hybridized carbons (Fsp3) is 0.467. The topological polar surface area (TPSA) is 71.0 Å². The van der Waals surface area contributed by atoms with Gasteiger partial charge in [0.25, 0.3) is 5.91 Å². The van der Waals surface area contributed by atoms with E-state index in [0.717, 1.165) is 61.3 Å². The minimum atomic E-state index is 0.00699. The van der Waals surface area contributed by atoms with E-state index in [1.807, 2.05) is 46.0 Å². The number of anilines is 1. The number of nitrogens with zero attached hydrogens (tertiary/aromatic N) is 4. The molecule has 0 radical (unpaired) electrons. The Kier molecular flexibility index (Phi) is 8.75. The second kappa shape index (κ2) is 12.0. The molecule has 3 unspecified atom stereocenters. The molecule has 0 spiro atoms. The molecule has 1 aromatic carbocycles. The van der Waals surface area contributed by atoms with Crippen molar-refractivity contribution in [2.45, 2.75) is 60.4 Å². The zero-order chi connectivity index (χ0) is 26.5. The molecule has 0 saturated heterocycles. The second-order valence-corrected chi connectivity index (χ2v) is 11.0. The number of pyridine rings is 1. The molecule has 3 aromatic heterocycles. The zero-order valence-corrected chi connectivity index (χ0v) is 23.7. The SMILES string of the molecule is CC.CCC1CC(C)C(CNc2ncnc3sc(C(=O)N(C)Cc4cccc5ncccc45)c(C)c23)C1. The van der Waals surface area contributed by atoms with Crippen molar-refractivity contribution >= 4 is 44.2 Å². The normalized spacial score (nSPS) is 19.0. The van der Waals surface area contributed by atoms with Crippen LogP contribution in [0.1, 0.15) is 67.8 Å². The maximum atomic E-state index is 13.5. The fourth-order valence-corrected chi connectivity index (χ4v) is 6.68. The molecule has 1 amide bonds. The molecule has 1 saturated carbocycles. The van der Waals surface area contributed by atoms with Crippen LogP contribution in [-0.4, -0.2) is 39.4 Å². The Bertz CT molecular complexity index is 1360. The Labute approximate surface area is 224 Å². The van der Waals surface area contributed by atoms with Gasteiger partial charge in [-0.3, -0.25) is 9.78 Å². The minimum absolute atomic E-state index is 0.00699. The highest BCUT2D eigenvalue weighted by Crippen LogP contribution is 2.39. The Morgan fingerprint density at radius 3 is 2.70 bits per heavy atom. The number of amides is 1. The van der Waals surface area contributed by atoms with Crippen LogP contribution in [0.25, 0.3) is 21.1 Å². The number of carbonyl (C=O) groups is 1. The predicted octanol–water partition coefficient (Wildman–Crippen LogP) is 7.33. The molecule has 7 heteroatoms. The van der Waals surface area contributed by atoms with Gasteiger partial charge in [-0.25, -0.2) is 9.97 Å². The van der Waals surface area contributed by atoms with E-state index in [1.54, 1.807) is 17.4 Å². The monoisotopic (exact) mass is 517 g/mol. The zero-order valence-electron chi connectivity index (χ0n) is 22.9. The van der Waals surface area contributed by atoms with Gasteiger partial charge in [0.1, 0.15) is 17.0 Å². The minimum Gasteiger partial charge on any atom is -0.369 e. The van der Waals surface area contributed by atoms with Crippen molar-refractivity contribution in [2.75, 3.05) is 18.9 Å². The van der Waals surface area contributed by atoms with Crippen LogP contribution in [0.2, 0.25) is 0 Å². The number of hydrogen-bond donors (Lipinski definition) is 1. The molecule has 196 valence electrons. The lowest BCUT2D eigenvalue weighted by Crippen LogP contribution is -2.26. The molecule has 1 aliphatic rings. The van der Waals surface area contributed by atoms with Crippen LogP contribution in [-0.2, 0) is 6.54 Å². The first-order valence-electron chi connectivity index (χ1n) is 13.5. The molecule has 1 N–H and O–H groups in total. The molecule has 3 atom stereocenters. The average molecular weight is 518 g/mol. The summed E-state index contributed by atoms with van der Waals surface area (Å²) in [5.74, 6) is 3.07. The lowest BCUT2D eigenvalue weighted by molar-refractivity contribution is 0.0790. The van der Waals surface area contributed by atoms with E-state index in [1.165, 1.54) is 30.6 Å². The number of benzene rings is 1. The highest BCUT2D eigenvalue weighted by Gasteiger charge is 2.30. The van der Waals surface area contributed by atoms with Gasteiger partial charge in [-0.1, -0.05) is 52.3 Å². The van der Waals surface area contributed by atoms with E-state index in [0.29, 0.717) is 12.5 Å². The van der Waals surface area contributed by atoms with Crippen LogP contribution in [0.5, 0.6) is 0 Å². The van der Waals surface area contributed by atoms with Crippen molar-refractivity contribution < 1.29 is 4.79 Å². The first-order valence-corrected chi connectivity index (χ1v) is 14.3. The van der Waals surface area contributed by atoms with Gasteiger partial charge >= 0.3 is 0 Å². The molecule has 6 nitrogen and oxygen atoms in total. The third-order valence-electron chi connectivity index (χ3n) is 7.67. The van der Waals surface area contributed by atoms with Gasteiger partial charge in [0.15, 0.2) is 0 Å². The number of hydrogen-bond acceptors (Lipinski definition) is 6. The van der Waals surface area contributed by atoms with Gasteiger partial charge in [0.2, 0.25) is 0 Å². The molecule has 4 aromatic rings. The number of aryl methyl sites for hydroxylation is 1. The number of thiophene rings is 1. The molecule has 1 aliphatic carbocycles. The lowest BCUT2D eigenvalue weighted by atomic mass is 9.98. The standard InChI is InChI=1S/C28H33N5OS.C2H6/c1-5-19-12-17(2)21(13-19)14-30-26-24-18(3)25(35-27(24)32-16-31-26)28(34)33(4)15-20-8-6-10-23-22(20)9-7-11-29-23;1-2/h6-11,16-17,19,21H,5,12-15H2,1-4H3,(H,30,31,32);1-2H3. The summed E-state index contributed by atoms with van der Waals surface area (Å²) in [4.78, 5) is 30.4. The number of fused-ring (bicyclic) bond motifs is 2. The fourth-order valence-electron chi connectivity index (χ4n) is 5.54. The Hall–Kier alpha value is -3.06. The van der Waals surface area contributed by atoms with Crippen molar-refractivity contribution in [3.63, 3.8) is 0 Å². The van der Waals surface area contributed by atoms with Crippen molar-refractivity contribution in [1.29, 1.82) is 0 Å². The van der Waals surface area contributed by atoms with Crippen molar-refractivity contribution in [2.24, 2.45) is 17.8 Å². The molecule has 37 heavy (non-hydrogen) atoms. The van der Waals surface area contributed by atoms with Gasteiger partial charge in [-0.05, 0) is 60.8 Å². The first kappa shape index (κ1) is 27.0. The summed E-state index contributed by atoms with van der Waals surface area (Å²) in [7, 11) is 1.86. The molecule has 3 heterocycles. The van der Waals surface area contributed by atoms with E-state index in [2.05, 4.69) is 46.2 Å². The van der Waals surface area contributed by atoms with Crippen molar-refractivity contribution in [3.8, 4) is 0 Å². The maximum Gasteiger partial charge on any atom is 0.264 e. The molecular formula is C30H39N5OS. The number of nitrogens with one attached hydrogen (secondary N) is 1. The Balaban J connectivity index is 0.00000156. The summed E-state index contributed by atoms with van der Waals surface area (Å²) >= 11 is 1.46. The van der Waals surface area contributed by atoms with E-state index < -0.39 is 0 Å². The van der Waals surface area contributed by atoms with Gasteiger partial charge in [0, 0.05) is 31.7 Å². The van der Waals surface area contributed by atoms with Gasteiger partial charge in [0.05, 0.1) is 15.8 Å². The summed E-state index contributed by atoms with van der Waals surface area (Å²) in [6.07, 6.45) is 7.26. The molecule has 5 rings (SSSR count). The van der Waals surface area contributed by atoms with Gasteiger partial charge < -0.3 is 10.2 Å². The quantitative estimate of drug-likeness (QED) is 0.278. The Morgan fingerprint density at radius 1 is 1.14 bits per heavy atom. The third-order valence-corrected chi connectivity index (χ3v) is 8.85. The Morgan fingerprint density at radius 2 is 1.95 bits per heavy atom. The van der Waals surface area contributed by atoms with E-state index in [4.69, 9.17) is 0 Å². The van der Waals surface area contributed by atoms with E-state index in [-0.39, 0.29) is 5.91 Å². The van der Waals surface area contributed by atoms with Crippen LogP contribution >= 0.6 is 11.3 Å². The van der Waals surface area contributed by atoms with Crippen LogP contribution in [0.4, 0.5) is 5.82 Å². The van der Waals surface area contributed by atoms with Gasteiger partial charge in [-0.2, -0.15) is 0 Å². The van der Waals surface area contributed by atoms with Crippen LogP contribution in [0.15, 0.2) is 42.9 Å². The van der Waals surface area contributed by atoms with Gasteiger partial charge in [-0.15, -0.1) is 11.3 Å². The van der Waals surface area contributed by atoms with Crippen molar-refractivity contribution in [1.82, 2.24) is 19.9 Å². The second-order valence-electron chi connectivity index (χ2n) is 9.97. The largest absolute Gasteiger partial charge is 0.369 e. The number of aromatic nitrogens is 3. The number of rotatable bonds is 7. The van der Waals surface area contributed by atoms with Crippen LogP contribution in [0.3, 0.4) is 0 Å². The predicted molar refractivity (Wildman–Crippen MR) is 155 cm³/mol. The highest BCUT2D eigenvalue weighted by molar-refractivity contribution is 7.20. The lowest BCUT2D eigenvalue weighted by Gasteiger charge is -2.18. The van der Waals surface area contributed by atoms with Crippen LogP contribution < -0.4 is 5.32 Å². The first-order chi connectivity index (χ1) is 18.0. The maximum absolute atomic E-state index is 13.5. The summed E-state index contributed by atoms with van der Waals surface area (Å²) in [6, 6.07) is 10.0. The molecular weight excluding hydrogens is 478 g/mol. The number of carbonyl (C=O) groups excluding carboxylic acids is 1. The van der Waals surface area contributed by atoms with E-state index >= 15 is 0 Å². The average Bonchev–Trinajstić information content (AvgIpc) is 3.47. The summed E-state index contributed by atoms with van der Waals surface area (Å²) in [5, 5.41) is 5.66. The van der Waals surface area contributed by atoms with E-state index in [9.17, 15) is 4.79 Å². The van der Waals surface area contributed by atoms with Crippen LogP contribution in [0, 0.1) is 24.7 Å². The molecule has 0 bridgehead atoms. The smallest absolute Gasteiger partial charge is 0.264 e.